The Labute approximate surface area is 114 Å². The van der Waals surface area contributed by atoms with E-state index in [0.29, 0.717) is 10.7 Å². The molecule has 0 radical (unpaired) electrons. The summed E-state index contributed by atoms with van der Waals surface area (Å²) < 4.78 is 0. The van der Waals surface area contributed by atoms with Gasteiger partial charge in [0.25, 0.3) is 5.91 Å². The monoisotopic (exact) mass is 269 g/mol. The zero-order valence-electron chi connectivity index (χ0n) is 10.3. The van der Waals surface area contributed by atoms with Gasteiger partial charge in [-0.3, -0.25) is 15.1 Å². The van der Waals surface area contributed by atoms with Gasteiger partial charge in [0, 0.05) is 28.2 Å². The highest BCUT2D eigenvalue weighted by Crippen LogP contribution is 2.20. The van der Waals surface area contributed by atoms with Crippen LogP contribution in [0.2, 0.25) is 0 Å². The number of benzene rings is 1. The van der Waals surface area contributed by atoms with Crippen molar-refractivity contribution in [2.45, 2.75) is 6.92 Å². The number of amides is 1. The summed E-state index contributed by atoms with van der Waals surface area (Å²) in [6.45, 7) is 1.95. The van der Waals surface area contributed by atoms with Crippen LogP contribution in [0.15, 0.2) is 42.7 Å². The van der Waals surface area contributed by atoms with Crippen molar-refractivity contribution in [2.24, 2.45) is 0 Å². The van der Waals surface area contributed by atoms with Crippen LogP contribution in [0, 0.1) is 6.92 Å². The van der Waals surface area contributed by atoms with Crippen molar-refractivity contribution >= 4 is 33.3 Å². The Bertz CT molecular complexity index is 746. The molecule has 5 heteroatoms. The molecule has 2 aromatic heterocycles. The van der Waals surface area contributed by atoms with Crippen molar-refractivity contribution in [3.63, 3.8) is 0 Å². The first-order valence-corrected chi connectivity index (χ1v) is 6.63. The Kier molecular flexibility index (Phi) is 2.97. The molecule has 0 spiro atoms. The molecule has 19 heavy (non-hydrogen) atoms. The highest BCUT2D eigenvalue weighted by Gasteiger charge is 2.11. The summed E-state index contributed by atoms with van der Waals surface area (Å²) in [7, 11) is 0. The highest BCUT2D eigenvalue weighted by molar-refractivity contribution is 7.15. The second-order valence-corrected chi connectivity index (χ2v) is 5.34. The van der Waals surface area contributed by atoms with E-state index in [1.807, 2.05) is 31.2 Å². The van der Waals surface area contributed by atoms with Crippen LogP contribution in [0.3, 0.4) is 0 Å². The molecular weight excluding hydrogens is 258 g/mol. The summed E-state index contributed by atoms with van der Waals surface area (Å²) in [6, 6.07) is 9.23. The average molecular weight is 269 g/mol. The lowest BCUT2D eigenvalue weighted by Crippen LogP contribution is -2.12. The smallest absolute Gasteiger partial charge is 0.258 e. The van der Waals surface area contributed by atoms with Crippen molar-refractivity contribution in [3.05, 3.63) is 53.2 Å². The number of aromatic nitrogens is 2. The standard InChI is InChI=1S/C14H11N3OS/c1-9-8-16-14(19-9)17-13(18)11-4-2-6-12-10(11)5-3-7-15-12/h2-8H,1H3,(H,16,17,18). The van der Waals surface area contributed by atoms with Gasteiger partial charge in [0.15, 0.2) is 5.13 Å². The second kappa shape index (κ2) is 4.78. The molecule has 0 aliphatic carbocycles. The first-order valence-electron chi connectivity index (χ1n) is 5.81. The van der Waals surface area contributed by atoms with Gasteiger partial charge >= 0.3 is 0 Å². The third-order valence-corrected chi connectivity index (χ3v) is 3.56. The van der Waals surface area contributed by atoms with Gasteiger partial charge in [0.05, 0.1) is 5.52 Å². The van der Waals surface area contributed by atoms with Crippen molar-refractivity contribution in [1.29, 1.82) is 0 Å². The number of anilines is 1. The van der Waals surface area contributed by atoms with Gasteiger partial charge in [-0.1, -0.05) is 12.1 Å². The highest BCUT2D eigenvalue weighted by atomic mass is 32.1. The molecule has 94 valence electrons. The van der Waals surface area contributed by atoms with Crippen LogP contribution in [-0.4, -0.2) is 15.9 Å². The van der Waals surface area contributed by atoms with Gasteiger partial charge in [-0.05, 0) is 25.1 Å². The van der Waals surface area contributed by atoms with Gasteiger partial charge in [0.1, 0.15) is 0 Å². The summed E-state index contributed by atoms with van der Waals surface area (Å²) in [6.07, 6.45) is 3.46. The first-order chi connectivity index (χ1) is 9.24. The van der Waals surface area contributed by atoms with E-state index in [2.05, 4.69) is 15.3 Å². The minimum absolute atomic E-state index is 0.159. The van der Waals surface area contributed by atoms with E-state index in [0.717, 1.165) is 15.8 Å². The average Bonchev–Trinajstić information content (AvgIpc) is 2.83. The molecule has 0 aliphatic rings. The van der Waals surface area contributed by atoms with Gasteiger partial charge < -0.3 is 0 Å². The number of carbonyl (C=O) groups is 1. The molecule has 0 saturated carbocycles. The summed E-state index contributed by atoms with van der Waals surface area (Å²) in [5, 5.41) is 4.27. The predicted octanol–water partition coefficient (Wildman–Crippen LogP) is 3.25. The minimum atomic E-state index is -0.159. The molecule has 1 aromatic carbocycles. The number of nitrogens with one attached hydrogen (secondary N) is 1. The van der Waals surface area contributed by atoms with E-state index in [1.54, 1.807) is 18.5 Å². The third-order valence-electron chi connectivity index (χ3n) is 2.73. The van der Waals surface area contributed by atoms with E-state index in [4.69, 9.17) is 0 Å². The second-order valence-electron chi connectivity index (χ2n) is 4.11. The predicted molar refractivity (Wildman–Crippen MR) is 76.5 cm³/mol. The summed E-state index contributed by atoms with van der Waals surface area (Å²) in [5.74, 6) is -0.159. The minimum Gasteiger partial charge on any atom is -0.298 e. The number of nitrogens with zero attached hydrogens (tertiary/aromatic N) is 2. The molecule has 0 bridgehead atoms. The largest absolute Gasteiger partial charge is 0.298 e. The SMILES string of the molecule is Cc1cnc(NC(=O)c2cccc3ncccc23)s1. The molecule has 2 heterocycles. The van der Waals surface area contributed by atoms with E-state index in [1.165, 1.54) is 11.3 Å². The molecule has 0 saturated heterocycles. The quantitative estimate of drug-likeness (QED) is 0.777. The molecule has 0 unspecified atom stereocenters. The zero-order valence-corrected chi connectivity index (χ0v) is 11.1. The Morgan fingerprint density at radius 1 is 1.21 bits per heavy atom. The van der Waals surface area contributed by atoms with Crippen LogP contribution in [0.25, 0.3) is 10.9 Å². The number of aryl methyl sites for hydroxylation is 1. The number of hydrogen-bond donors (Lipinski definition) is 1. The van der Waals surface area contributed by atoms with Crippen LogP contribution in [0.4, 0.5) is 5.13 Å². The molecular formula is C14H11N3OS. The summed E-state index contributed by atoms with van der Waals surface area (Å²) in [4.78, 5) is 21.7. The Morgan fingerprint density at radius 2 is 2.11 bits per heavy atom. The molecule has 0 fully saturated rings. The summed E-state index contributed by atoms with van der Waals surface area (Å²) >= 11 is 1.46. The fraction of sp³-hybridized carbons (Fsp3) is 0.0714. The first kappa shape index (κ1) is 11.8. The Hall–Kier alpha value is -2.27. The van der Waals surface area contributed by atoms with Crippen LogP contribution in [0.5, 0.6) is 0 Å². The molecule has 3 aromatic rings. The Morgan fingerprint density at radius 3 is 2.89 bits per heavy atom. The lowest BCUT2D eigenvalue weighted by atomic mass is 10.1. The van der Waals surface area contributed by atoms with Crippen molar-refractivity contribution in [1.82, 2.24) is 9.97 Å². The van der Waals surface area contributed by atoms with Gasteiger partial charge in [-0.2, -0.15) is 0 Å². The molecule has 1 N–H and O–H groups in total. The number of hydrogen-bond acceptors (Lipinski definition) is 4. The van der Waals surface area contributed by atoms with E-state index in [9.17, 15) is 4.79 Å². The maximum Gasteiger partial charge on any atom is 0.258 e. The topological polar surface area (TPSA) is 54.9 Å². The fourth-order valence-electron chi connectivity index (χ4n) is 1.88. The van der Waals surface area contributed by atoms with Crippen LogP contribution in [0.1, 0.15) is 15.2 Å². The van der Waals surface area contributed by atoms with Crippen molar-refractivity contribution in [3.8, 4) is 0 Å². The van der Waals surface area contributed by atoms with E-state index in [-0.39, 0.29) is 5.91 Å². The van der Waals surface area contributed by atoms with Crippen molar-refractivity contribution in [2.75, 3.05) is 5.32 Å². The van der Waals surface area contributed by atoms with E-state index >= 15 is 0 Å². The fourth-order valence-corrected chi connectivity index (χ4v) is 2.54. The number of thiazole rings is 1. The summed E-state index contributed by atoms with van der Waals surface area (Å²) in [5.41, 5.74) is 1.42. The Balaban J connectivity index is 1.97. The number of pyridine rings is 1. The lowest BCUT2D eigenvalue weighted by molar-refractivity contribution is 0.102. The molecule has 4 nitrogen and oxygen atoms in total. The maximum absolute atomic E-state index is 12.3. The van der Waals surface area contributed by atoms with Gasteiger partial charge in [0.2, 0.25) is 0 Å². The van der Waals surface area contributed by atoms with E-state index < -0.39 is 0 Å². The molecule has 1 amide bonds. The molecule has 0 aliphatic heterocycles. The maximum atomic E-state index is 12.3. The molecule has 3 rings (SSSR count). The van der Waals surface area contributed by atoms with Gasteiger partial charge in [-0.15, -0.1) is 11.3 Å². The number of rotatable bonds is 2. The zero-order chi connectivity index (χ0) is 13.2. The number of carbonyl (C=O) groups excluding carboxylic acids is 1. The number of fused-ring (bicyclic) bond motifs is 1. The van der Waals surface area contributed by atoms with Crippen molar-refractivity contribution < 1.29 is 4.79 Å². The molecule has 0 atom stereocenters. The van der Waals surface area contributed by atoms with Crippen LogP contribution >= 0.6 is 11.3 Å². The third kappa shape index (κ3) is 2.32. The van der Waals surface area contributed by atoms with Gasteiger partial charge in [-0.25, -0.2) is 4.98 Å². The normalized spacial score (nSPS) is 10.6. The lowest BCUT2D eigenvalue weighted by Gasteiger charge is -2.05. The van der Waals surface area contributed by atoms with Crippen LogP contribution < -0.4 is 5.32 Å². The van der Waals surface area contributed by atoms with Crippen LogP contribution in [-0.2, 0) is 0 Å².